The first-order valence-electron chi connectivity index (χ1n) is 6.37. The normalized spacial score (nSPS) is 11.1. The number of nitrogens with one attached hydrogen (secondary N) is 1. The predicted octanol–water partition coefficient (Wildman–Crippen LogP) is 2.90. The van der Waals surface area contributed by atoms with Crippen molar-refractivity contribution in [1.29, 1.82) is 0 Å². The molecule has 0 unspecified atom stereocenters. The fourth-order valence-electron chi connectivity index (χ4n) is 1.49. The van der Waals surface area contributed by atoms with Crippen LogP contribution >= 0.6 is 0 Å². The van der Waals surface area contributed by atoms with Gasteiger partial charge in [0.1, 0.15) is 0 Å². The highest BCUT2D eigenvalue weighted by molar-refractivity contribution is 5.82. The Morgan fingerprint density at radius 2 is 2.20 bits per heavy atom. The molecule has 1 aromatic carbocycles. The third kappa shape index (κ3) is 5.43. The van der Waals surface area contributed by atoms with Crippen molar-refractivity contribution in [3.05, 3.63) is 46.0 Å². The summed E-state index contributed by atoms with van der Waals surface area (Å²) in [6.07, 6.45) is 6.73. The van der Waals surface area contributed by atoms with Crippen molar-refractivity contribution in [2.24, 2.45) is 5.10 Å². The third-order valence-corrected chi connectivity index (χ3v) is 2.52. The molecule has 0 atom stereocenters. The lowest BCUT2D eigenvalue weighted by molar-refractivity contribution is -0.385. The average Bonchev–Trinajstić information content (AvgIpc) is 2.45. The van der Waals surface area contributed by atoms with E-state index in [1.54, 1.807) is 30.4 Å². The van der Waals surface area contributed by atoms with E-state index in [2.05, 4.69) is 10.5 Å². The standard InChI is InChI=1S/C14H17N3O3/c1-2-3-10-14(18)16-15-11-6-8-12-7-4-5-9-13(12)17(19)20/h4-9,11H,2-3,10H2,1H3,(H,16,18)/b8-6+,15-11-. The van der Waals surface area contributed by atoms with Gasteiger partial charge in [0, 0.05) is 18.7 Å². The number of carbonyl (C=O) groups excluding carboxylic acids is 1. The molecule has 0 bridgehead atoms. The molecule has 20 heavy (non-hydrogen) atoms. The lowest BCUT2D eigenvalue weighted by Gasteiger charge is -1.96. The molecule has 1 rings (SSSR count). The first kappa shape index (κ1) is 15.6. The fourth-order valence-corrected chi connectivity index (χ4v) is 1.49. The molecule has 0 aliphatic carbocycles. The van der Waals surface area contributed by atoms with Gasteiger partial charge in [-0.1, -0.05) is 25.5 Å². The molecule has 1 aromatic rings. The van der Waals surface area contributed by atoms with Gasteiger partial charge in [0.25, 0.3) is 5.69 Å². The van der Waals surface area contributed by atoms with Crippen LogP contribution in [-0.2, 0) is 4.79 Å². The minimum absolute atomic E-state index is 0.0316. The maximum absolute atomic E-state index is 11.2. The molecular weight excluding hydrogens is 258 g/mol. The summed E-state index contributed by atoms with van der Waals surface area (Å²) in [4.78, 5) is 21.6. The van der Waals surface area contributed by atoms with Crippen LogP contribution in [0.4, 0.5) is 5.69 Å². The van der Waals surface area contributed by atoms with Gasteiger partial charge in [-0.2, -0.15) is 5.10 Å². The van der Waals surface area contributed by atoms with Gasteiger partial charge in [-0.3, -0.25) is 14.9 Å². The number of allylic oxidation sites excluding steroid dienone is 1. The first-order chi connectivity index (χ1) is 9.65. The molecule has 6 nitrogen and oxygen atoms in total. The molecule has 0 saturated carbocycles. The predicted molar refractivity (Wildman–Crippen MR) is 78.3 cm³/mol. The van der Waals surface area contributed by atoms with Crippen molar-refractivity contribution >= 4 is 23.9 Å². The number of hydrazone groups is 1. The second-order valence-electron chi connectivity index (χ2n) is 4.09. The molecule has 6 heteroatoms. The Bertz CT molecular complexity index is 524. The zero-order valence-corrected chi connectivity index (χ0v) is 11.3. The molecule has 1 amide bonds. The van der Waals surface area contributed by atoms with E-state index in [1.807, 2.05) is 6.92 Å². The third-order valence-electron chi connectivity index (χ3n) is 2.52. The lowest BCUT2D eigenvalue weighted by atomic mass is 10.2. The number of nitrogens with zero attached hydrogens (tertiary/aromatic N) is 2. The maximum atomic E-state index is 11.2. The van der Waals surface area contributed by atoms with Gasteiger partial charge in [0.2, 0.25) is 5.91 Å². The van der Waals surface area contributed by atoms with Crippen LogP contribution < -0.4 is 5.43 Å². The zero-order valence-electron chi connectivity index (χ0n) is 11.3. The highest BCUT2D eigenvalue weighted by Gasteiger charge is 2.08. The number of unbranched alkanes of at least 4 members (excludes halogenated alkanes) is 1. The number of para-hydroxylation sites is 1. The maximum Gasteiger partial charge on any atom is 0.276 e. The van der Waals surface area contributed by atoms with Crippen molar-refractivity contribution in [3.8, 4) is 0 Å². The molecule has 0 saturated heterocycles. The summed E-state index contributed by atoms with van der Waals surface area (Å²) in [5, 5.41) is 14.5. The number of benzene rings is 1. The van der Waals surface area contributed by atoms with E-state index in [4.69, 9.17) is 0 Å². The Balaban J connectivity index is 2.53. The van der Waals surface area contributed by atoms with Gasteiger partial charge in [-0.05, 0) is 24.6 Å². The van der Waals surface area contributed by atoms with Crippen molar-refractivity contribution in [1.82, 2.24) is 5.43 Å². The summed E-state index contributed by atoms with van der Waals surface area (Å²) in [6.45, 7) is 2.01. The Kier molecular flexibility index (Phi) is 6.67. The van der Waals surface area contributed by atoms with E-state index >= 15 is 0 Å². The number of nitro groups is 1. The number of hydrogen-bond donors (Lipinski definition) is 1. The molecule has 0 aliphatic heterocycles. The van der Waals surface area contributed by atoms with Gasteiger partial charge < -0.3 is 0 Å². The first-order valence-corrected chi connectivity index (χ1v) is 6.37. The topological polar surface area (TPSA) is 84.6 Å². The molecule has 0 aromatic heterocycles. The van der Waals surface area contributed by atoms with Gasteiger partial charge in [0.05, 0.1) is 10.5 Å². The number of amides is 1. The second kappa shape index (κ2) is 8.58. The Labute approximate surface area is 117 Å². The second-order valence-corrected chi connectivity index (χ2v) is 4.09. The van der Waals surface area contributed by atoms with Gasteiger partial charge >= 0.3 is 0 Å². The Morgan fingerprint density at radius 3 is 2.90 bits per heavy atom. The summed E-state index contributed by atoms with van der Waals surface area (Å²) >= 11 is 0. The zero-order chi connectivity index (χ0) is 14.8. The molecule has 1 N–H and O–H groups in total. The molecule has 106 valence electrons. The summed E-state index contributed by atoms with van der Waals surface area (Å²) < 4.78 is 0. The van der Waals surface area contributed by atoms with Crippen molar-refractivity contribution in [2.75, 3.05) is 0 Å². The minimum Gasteiger partial charge on any atom is -0.273 e. The van der Waals surface area contributed by atoms with Crippen LogP contribution in [0.25, 0.3) is 6.08 Å². The molecule has 0 fully saturated rings. The summed E-state index contributed by atoms with van der Waals surface area (Å²) in [5.74, 6) is -0.137. The quantitative estimate of drug-likeness (QED) is 0.471. The minimum atomic E-state index is -0.441. The van der Waals surface area contributed by atoms with E-state index < -0.39 is 4.92 Å². The van der Waals surface area contributed by atoms with Crippen molar-refractivity contribution in [3.63, 3.8) is 0 Å². The van der Waals surface area contributed by atoms with Crippen LogP contribution in [0.15, 0.2) is 35.4 Å². The number of hydrogen-bond acceptors (Lipinski definition) is 4. The van der Waals surface area contributed by atoms with Gasteiger partial charge in [-0.25, -0.2) is 5.43 Å². The fraction of sp³-hybridized carbons (Fsp3) is 0.286. The van der Waals surface area contributed by atoms with Crippen LogP contribution in [-0.4, -0.2) is 17.0 Å². The molecule has 0 spiro atoms. The van der Waals surface area contributed by atoms with E-state index in [9.17, 15) is 14.9 Å². The number of rotatable bonds is 7. The van der Waals surface area contributed by atoms with Gasteiger partial charge in [-0.15, -0.1) is 0 Å². The Morgan fingerprint density at radius 1 is 1.45 bits per heavy atom. The van der Waals surface area contributed by atoms with Crippen LogP contribution in [0, 0.1) is 10.1 Å². The highest BCUT2D eigenvalue weighted by Crippen LogP contribution is 2.18. The number of carbonyl (C=O) groups is 1. The lowest BCUT2D eigenvalue weighted by Crippen LogP contribution is -2.16. The summed E-state index contributed by atoms with van der Waals surface area (Å²) in [7, 11) is 0. The number of nitro benzene ring substituents is 1. The Hall–Kier alpha value is -2.50. The van der Waals surface area contributed by atoms with Crippen LogP contribution in [0.1, 0.15) is 31.7 Å². The van der Waals surface area contributed by atoms with E-state index in [-0.39, 0.29) is 11.6 Å². The molecule has 0 radical (unpaired) electrons. The smallest absolute Gasteiger partial charge is 0.273 e. The van der Waals surface area contributed by atoms with E-state index in [0.29, 0.717) is 12.0 Å². The van der Waals surface area contributed by atoms with Crippen LogP contribution in [0.3, 0.4) is 0 Å². The van der Waals surface area contributed by atoms with Crippen LogP contribution in [0.2, 0.25) is 0 Å². The van der Waals surface area contributed by atoms with Gasteiger partial charge in [0.15, 0.2) is 0 Å². The molecule has 0 heterocycles. The molecule has 0 aliphatic rings. The largest absolute Gasteiger partial charge is 0.276 e. The molecular formula is C14H17N3O3. The van der Waals surface area contributed by atoms with E-state index in [0.717, 1.165) is 12.8 Å². The van der Waals surface area contributed by atoms with Crippen molar-refractivity contribution < 1.29 is 9.72 Å². The van der Waals surface area contributed by atoms with Crippen molar-refractivity contribution in [2.45, 2.75) is 26.2 Å². The van der Waals surface area contributed by atoms with Crippen LogP contribution in [0.5, 0.6) is 0 Å². The SMILES string of the molecule is CCCCC(=O)N/N=C\C=C\c1ccccc1[N+](=O)[O-]. The monoisotopic (exact) mass is 275 g/mol. The van der Waals surface area contributed by atoms with E-state index in [1.165, 1.54) is 12.3 Å². The summed E-state index contributed by atoms with van der Waals surface area (Å²) in [6, 6.07) is 6.40. The average molecular weight is 275 g/mol. The highest BCUT2D eigenvalue weighted by atomic mass is 16.6. The summed E-state index contributed by atoms with van der Waals surface area (Å²) in [5.41, 5.74) is 2.91.